The molecule has 0 aliphatic rings. The number of methoxy groups -OCH3 is 2. The Hall–Kier alpha value is -3.06. The predicted molar refractivity (Wildman–Crippen MR) is 172 cm³/mol. The summed E-state index contributed by atoms with van der Waals surface area (Å²) < 4.78 is 23.6. The summed E-state index contributed by atoms with van der Waals surface area (Å²) in [6, 6.07) is 25.3. The first-order chi connectivity index (χ1) is 19.4. The fraction of sp³-hybridized carbons (Fsp3) is 0.294. The Balaban J connectivity index is 1.66. The van der Waals surface area contributed by atoms with Crippen molar-refractivity contribution in [2.45, 2.75) is 53.4 Å². The van der Waals surface area contributed by atoms with E-state index in [9.17, 15) is 0 Å². The van der Waals surface area contributed by atoms with Crippen LogP contribution in [0.4, 0.5) is 0 Å². The summed E-state index contributed by atoms with van der Waals surface area (Å²) in [5.74, 6) is 3.65. The molecule has 0 aromatic heterocycles. The summed E-state index contributed by atoms with van der Waals surface area (Å²) >= 11 is 0. The van der Waals surface area contributed by atoms with E-state index in [0.717, 1.165) is 47.0 Å². The zero-order valence-electron chi connectivity index (χ0n) is 24.6. The molecule has 4 aromatic carbocycles. The number of aryl methyl sites for hydroxylation is 4. The average molecular weight is 575 g/mol. The molecule has 0 bridgehead atoms. The van der Waals surface area contributed by atoms with Crippen LogP contribution in [-0.2, 0) is 12.8 Å². The summed E-state index contributed by atoms with van der Waals surface area (Å²) in [5.41, 5.74) is 7.41. The summed E-state index contributed by atoms with van der Waals surface area (Å²) in [4.78, 5) is 0. The molecule has 6 heteroatoms. The molecular weight excluding hydrogens is 534 g/mol. The molecule has 2 atom stereocenters. The van der Waals surface area contributed by atoms with E-state index in [1.807, 2.05) is 36.4 Å². The monoisotopic (exact) mass is 574 g/mol. The van der Waals surface area contributed by atoms with Crippen LogP contribution in [0.25, 0.3) is 0 Å². The van der Waals surface area contributed by atoms with E-state index in [2.05, 4.69) is 71.0 Å². The van der Waals surface area contributed by atoms with Crippen LogP contribution >= 0.6 is 17.6 Å². The predicted octanol–water partition coefficient (Wildman–Crippen LogP) is 8.19. The molecule has 4 rings (SSSR count). The van der Waals surface area contributed by atoms with E-state index < -0.39 is 0 Å². The topological polar surface area (TPSA) is 36.9 Å². The Morgan fingerprint density at radius 2 is 1.05 bits per heavy atom. The average Bonchev–Trinajstić information content (AvgIpc) is 2.98. The van der Waals surface area contributed by atoms with Gasteiger partial charge in [-0.1, -0.05) is 57.2 Å². The molecule has 40 heavy (non-hydrogen) atoms. The highest BCUT2D eigenvalue weighted by Crippen LogP contribution is 2.35. The Kier molecular flexibility index (Phi) is 10.5. The van der Waals surface area contributed by atoms with Gasteiger partial charge in [0.1, 0.15) is 40.6 Å². The molecule has 4 aromatic rings. The quantitative estimate of drug-likeness (QED) is 0.160. The van der Waals surface area contributed by atoms with Crippen LogP contribution in [0.3, 0.4) is 0 Å². The van der Waals surface area contributed by atoms with Crippen LogP contribution in [0.2, 0.25) is 0 Å². The van der Waals surface area contributed by atoms with E-state index in [4.69, 9.17) is 18.5 Å². The van der Waals surface area contributed by atoms with Gasteiger partial charge in [0.25, 0.3) is 0 Å². The Labute approximate surface area is 243 Å². The van der Waals surface area contributed by atoms with Crippen LogP contribution < -0.4 is 29.1 Å². The Morgan fingerprint density at radius 1 is 0.625 bits per heavy atom. The fourth-order valence-corrected chi connectivity index (χ4v) is 7.41. The molecule has 0 fully saturated rings. The highest BCUT2D eigenvalue weighted by molar-refractivity contribution is 7.43. The molecule has 4 nitrogen and oxygen atoms in total. The van der Waals surface area contributed by atoms with Gasteiger partial charge in [0.2, 0.25) is 0 Å². The molecule has 210 valence electrons. The van der Waals surface area contributed by atoms with Crippen molar-refractivity contribution < 1.29 is 18.5 Å². The zero-order chi connectivity index (χ0) is 28.6. The molecule has 0 aliphatic heterocycles. The maximum absolute atomic E-state index is 6.44. The highest BCUT2D eigenvalue weighted by atomic mass is 31.1. The molecule has 2 unspecified atom stereocenters. The summed E-state index contributed by atoms with van der Waals surface area (Å²) in [6.45, 7) is 10.9. The third-order valence-electron chi connectivity index (χ3n) is 7.35. The van der Waals surface area contributed by atoms with Crippen molar-refractivity contribution in [1.82, 2.24) is 0 Å². The lowest BCUT2D eigenvalue weighted by Crippen LogP contribution is -2.20. The second-order valence-electron chi connectivity index (χ2n) is 9.86. The van der Waals surface area contributed by atoms with E-state index in [-0.39, 0.29) is 23.5 Å². The van der Waals surface area contributed by atoms with Gasteiger partial charge in [0, 0.05) is 16.5 Å². The summed E-state index contributed by atoms with van der Waals surface area (Å²) in [6.07, 6.45) is 1.91. The molecule has 0 heterocycles. The third kappa shape index (κ3) is 6.80. The van der Waals surface area contributed by atoms with Gasteiger partial charge < -0.3 is 18.5 Å². The van der Waals surface area contributed by atoms with Crippen LogP contribution in [-0.4, -0.2) is 14.2 Å². The molecule has 0 aliphatic carbocycles. The smallest absolute Gasteiger partial charge is 0.126 e. The molecule has 0 saturated carbocycles. The lowest BCUT2D eigenvalue weighted by atomic mass is 9.90. The minimum atomic E-state index is 0.184. The maximum atomic E-state index is 6.44. The molecule has 0 radical (unpaired) electrons. The van der Waals surface area contributed by atoms with Gasteiger partial charge in [0.05, 0.1) is 14.2 Å². The normalized spacial score (nSPS) is 12.3. The van der Waals surface area contributed by atoms with Crippen LogP contribution in [0.15, 0.2) is 72.8 Å². The van der Waals surface area contributed by atoms with Crippen molar-refractivity contribution in [2.75, 3.05) is 14.2 Å². The SMILES string of the molecule is CCc1cccc(C(C)c2cccc(CC)c2POc2ccc(OC)cc2C)c1POc1ccc(OC)cc1C. The number of rotatable bonds is 12. The molecule has 0 spiro atoms. The van der Waals surface area contributed by atoms with Crippen LogP contribution in [0.1, 0.15) is 60.1 Å². The molecule has 0 N–H and O–H groups in total. The number of hydrogen-bond acceptors (Lipinski definition) is 4. The Bertz CT molecular complexity index is 1340. The first-order valence-electron chi connectivity index (χ1n) is 13.8. The largest absolute Gasteiger partial charge is 0.497 e. The van der Waals surface area contributed by atoms with Gasteiger partial charge in [0.15, 0.2) is 0 Å². The fourth-order valence-electron chi connectivity index (χ4n) is 4.91. The van der Waals surface area contributed by atoms with Crippen molar-refractivity contribution in [1.29, 1.82) is 0 Å². The molecule has 0 amide bonds. The summed E-state index contributed by atoms with van der Waals surface area (Å²) in [7, 11) is 3.79. The van der Waals surface area contributed by atoms with E-state index >= 15 is 0 Å². The number of hydrogen-bond donors (Lipinski definition) is 0. The van der Waals surface area contributed by atoms with Gasteiger partial charge in [-0.15, -0.1) is 0 Å². The first kappa shape index (κ1) is 29.9. The second kappa shape index (κ2) is 14.0. The maximum Gasteiger partial charge on any atom is 0.126 e. The van der Waals surface area contributed by atoms with Crippen molar-refractivity contribution >= 4 is 28.2 Å². The van der Waals surface area contributed by atoms with Gasteiger partial charge in [-0.25, -0.2) is 0 Å². The number of ether oxygens (including phenoxy) is 2. The van der Waals surface area contributed by atoms with Gasteiger partial charge in [-0.3, -0.25) is 0 Å². The van der Waals surface area contributed by atoms with E-state index in [1.54, 1.807) is 14.2 Å². The lowest BCUT2D eigenvalue weighted by molar-refractivity contribution is 0.413. The molecular formula is C34H40O4P2. The first-order valence-corrected chi connectivity index (χ1v) is 15.6. The van der Waals surface area contributed by atoms with Crippen LogP contribution in [0, 0.1) is 13.8 Å². The van der Waals surface area contributed by atoms with Crippen LogP contribution in [0.5, 0.6) is 23.0 Å². The molecule has 0 saturated heterocycles. The van der Waals surface area contributed by atoms with Crippen molar-refractivity contribution in [3.63, 3.8) is 0 Å². The van der Waals surface area contributed by atoms with Gasteiger partial charge >= 0.3 is 0 Å². The highest BCUT2D eigenvalue weighted by Gasteiger charge is 2.21. The third-order valence-corrected chi connectivity index (χ3v) is 9.62. The number of benzene rings is 4. The van der Waals surface area contributed by atoms with Crippen molar-refractivity contribution in [3.8, 4) is 23.0 Å². The standard InChI is InChI=1S/C34H40O4P2/c1-8-25-12-10-14-29(33(25)39-37-31-18-16-27(35-6)20-22(31)3)24(5)30-15-11-13-26(9-2)34(30)40-38-32-19-17-28(36-7)21-23(32)4/h10-21,24,39-40H,8-9H2,1-7H3. The minimum absolute atomic E-state index is 0.184. The van der Waals surface area contributed by atoms with E-state index in [1.165, 1.54) is 32.9 Å². The second-order valence-corrected chi connectivity index (χ2v) is 11.7. The van der Waals surface area contributed by atoms with Crippen molar-refractivity contribution in [3.05, 3.63) is 106 Å². The van der Waals surface area contributed by atoms with E-state index in [0.29, 0.717) is 0 Å². The summed E-state index contributed by atoms with van der Waals surface area (Å²) in [5, 5.41) is 2.58. The minimum Gasteiger partial charge on any atom is -0.497 e. The zero-order valence-corrected chi connectivity index (χ0v) is 26.6. The Morgan fingerprint density at radius 3 is 1.40 bits per heavy atom. The van der Waals surface area contributed by atoms with Gasteiger partial charge in [-0.05, 0) is 96.5 Å². The van der Waals surface area contributed by atoms with Gasteiger partial charge in [-0.2, -0.15) is 0 Å². The lowest BCUT2D eigenvalue weighted by Gasteiger charge is -2.23. The van der Waals surface area contributed by atoms with Crippen molar-refractivity contribution in [2.24, 2.45) is 0 Å².